The summed E-state index contributed by atoms with van der Waals surface area (Å²) >= 11 is 0. The lowest BCUT2D eigenvalue weighted by molar-refractivity contribution is -0.115. The van der Waals surface area contributed by atoms with Gasteiger partial charge in [-0.25, -0.2) is 0 Å². The number of carbonyl (C=O) groups excluding carboxylic acids is 2. The highest BCUT2D eigenvalue weighted by Gasteiger charge is 2.12. The first-order valence-electron chi connectivity index (χ1n) is 7.29. The molecule has 0 saturated heterocycles. The fraction of sp³-hybridized carbons (Fsp3) is 0.222. The monoisotopic (exact) mass is 312 g/mol. The van der Waals surface area contributed by atoms with Crippen molar-refractivity contribution in [3.63, 3.8) is 0 Å². The van der Waals surface area contributed by atoms with Crippen LogP contribution in [0.25, 0.3) is 0 Å². The zero-order chi connectivity index (χ0) is 16.8. The Morgan fingerprint density at radius 3 is 2.43 bits per heavy atom. The van der Waals surface area contributed by atoms with Crippen molar-refractivity contribution in [2.75, 3.05) is 19.0 Å². The van der Waals surface area contributed by atoms with E-state index < -0.39 is 0 Å². The van der Waals surface area contributed by atoms with E-state index in [9.17, 15) is 9.59 Å². The standard InChI is InChI=1S/C18H20N2O3/c1-12-9-13(2)17(15(10-12)23-3)20-16(21)11-19-18(22)14-7-5-4-6-8-14/h4-10H,11H2,1-3H3,(H,19,22)(H,20,21). The number of hydrogen-bond donors (Lipinski definition) is 2. The summed E-state index contributed by atoms with van der Waals surface area (Å²) < 4.78 is 5.30. The summed E-state index contributed by atoms with van der Waals surface area (Å²) in [5, 5.41) is 5.38. The number of benzene rings is 2. The molecule has 0 unspecified atom stereocenters. The van der Waals surface area contributed by atoms with Gasteiger partial charge < -0.3 is 15.4 Å². The number of hydrogen-bond acceptors (Lipinski definition) is 3. The van der Waals surface area contributed by atoms with Crippen molar-refractivity contribution >= 4 is 17.5 Å². The van der Waals surface area contributed by atoms with Crippen LogP contribution in [0.5, 0.6) is 5.75 Å². The Hall–Kier alpha value is -2.82. The molecule has 0 radical (unpaired) electrons. The average molecular weight is 312 g/mol. The van der Waals surface area contributed by atoms with Crippen molar-refractivity contribution < 1.29 is 14.3 Å². The van der Waals surface area contributed by atoms with Crippen molar-refractivity contribution in [2.45, 2.75) is 13.8 Å². The van der Waals surface area contributed by atoms with E-state index in [0.717, 1.165) is 11.1 Å². The minimum atomic E-state index is -0.306. The Labute approximate surface area is 135 Å². The summed E-state index contributed by atoms with van der Waals surface area (Å²) in [5.41, 5.74) is 3.10. The first-order chi connectivity index (χ1) is 11.0. The Kier molecular flexibility index (Phi) is 5.36. The molecule has 5 nitrogen and oxygen atoms in total. The van der Waals surface area contributed by atoms with Crippen LogP contribution >= 0.6 is 0 Å². The van der Waals surface area contributed by atoms with Crippen LogP contribution in [-0.2, 0) is 4.79 Å². The van der Waals surface area contributed by atoms with E-state index in [2.05, 4.69) is 10.6 Å². The molecule has 0 aliphatic heterocycles. The number of rotatable bonds is 5. The van der Waals surface area contributed by atoms with Gasteiger partial charge in [0.2, 0.25) is 5.91 Å². The Bertz CT molecular complexity index is 712. The van der Waals surface area contributed by atoms with E-state index in [1.807, 2.05) is 32.0 Å². The fourth-order valence-electron chi connectivity index (χ4n) is 2.29. The lowest BCUT2D eigenvalue weighted by Gasteiger charge is -2.14. The molecule has 0 saturated carbocycles. The maximum Gasteiger partial charge on any atom is 0.251 e. The van der Waals surface area contributed by atoms with Crippen molar-refractivity contribution in [3.8, 4) is 5.75 Å². The van der Waals surface area contributed by atoms with Gasteiger partial charge in [0.15, 0.2) is 0 Å². The summed E-state index contributed by atoms with van der Waals surface area (Å²) in [5.74, 6) is 0.0121. The molecule has 0 bridgehead atoms. The molecule has 2 amide bonds. The maximum atomic E-state index is 12.1. The predicted octanol–water partition coefficient (Wildman–Crippen LogP) is 2.68. The minimum Gasteiger partial charge on any atom is -0.495 e. The highest BCUT2D eigenvalue weighted by atomic mass is 16.5. The highest BCUT2D eigenvalue weighted by molar-refractivity contribution is 6.00. The Morgan fingerprint density at radius 2 is 1.78 bits per heavy atom. The number of ether oxygens (including phenoxy) is 1. The zero-order valence-electron chi connectivity index (χ0n) is 13.5. The molecular formula is C18H20N2O3. The molecule has 0 fully saturated rings. The van der Waals surface area contributed by atoms with Gasteiger partial charge in [-0.1, -0.05) is 24.3 Å². The number of nitrogens with one attached hydrogen (secondary N) is 2. The molecule has 23 heavy (non-hydrogen) atoms. The molecule has 0 heterocycles. The minimum absolute atomic E-state index is 0.107. The topological polar surface area (TPSA) is 67.4 Å². The van der Waals surface area contributed by atoms with Crippen LogP contribution in [0.3, 0.4) is 0 Å². The lowest BCUT2D eigenvalue weighted by atomic mass is 10.1. The summed E-state index contributed by atoms with van der Waals surface area (Å²) in [6.07, 6.45) is 0. The second-order valence-corrected chi connectivity index (χ2v) is 5.26. The second kappa shape index (κ2) is 7.45. The van der Waals surface area contributed by atoms with Gasteiger partial charge in [-0.15, -0.1) is 0 Å². The molecular weight excluding hydrogens is 292 g/mol. The third-order valence-corrected chi connectivity index (χ3v) is 3.37. The van der Waals surface area contributed by atoms with Crippen LogP contribution in [0.1, 0.15) is 21.5 Å². The zero-order valence-corrected chi connectivity index (χ0v) is 13.5. The van der Waals surface area contributed by atoms with Crippen molar-refractivity contribution in [1.82, 2.24) is 5.32 Å². The molecule has 0 spiro atoms. The van der Waals surface area contributed by atoms with Gasteiger partial charge in [-0.2, -0.15) is 0 Å². The Morgan fingerprint density at radius 1 is 1.09 bits per heavy atom. The van der Waals surface area contributed by atoms with E-state index in [1.54, 1.807) is 31.4 Å². The van der Waals surface area contributed by atoms with Crippen LogP contribution in [0, 0.1) is 13.8 Å². The number of methoxy groups -OCH3 is 1. The van der Waals surface area contributed by atoms with Crippen LogP contribution in [0.15, 0.2) is 42.5 Å². The SMILES string of the molecule is COc1cc(C)cc(C)c1NC(=O)CNC(=O)c1ccccc1. The molecule has 2 rings (SSSR count). The van der Waals surface area contributed by atoms with Gasteiger partial charge in [-0.3, -0.25) is 9.59 Å². The third kappa shape index (κ3) is 4.32. The van der Waals surface area contributed by atoms with E-state index in [0.29, 0.717) is 17.0 Å². The van der Waals surface area contributed by atoms with Crippen molar-refractivity contribution in [1.29, 1.82) is 0 Å². The fourth-order valence-corrected chi connectivity index (χ4v) is 2.29. The van der Waals surface area contributed by atoms with E-state index >= 15 is 0 Å². The van der Waals surface area contributed by atoms with Crippen LogP contribution < -0.4 is 15.4 Å². The van der Waals surface area contributed by atoms with Crippen molar-refractivity contribution in [3.05, 3.63) is 59.2 Å². The Balaban J connectivity index is 1.99. The van der Waals surface area contributed by atoms with Gasteiger partial charge >= 0.3 is 0 Å². The molecule has 0 atom stereocenters. The van der Waals surface area contributed by atoms with E-state index in [1.165, 1.54) is 0 Å². The van der Waals surface area contributed by atoms with E-state index in [-0.39, 0.29) is 18.4 Å². The molecule has 2 N–H and O–H groups in total. The molecule has 0 aliphatic carbocycles. The normalized spacial score (nSPS) is 10.0. The maximum absolute atomic E-state index is 12.1. The van der Waals surface area contributed by atoms with Crippen LogP contribution in [0.2, 0.25) is 0 Å². The first kappa shape index (κ1) is 16.5. The summed E-state index contributed by atoms with van der Waals surface area (Å²) in [6, 6.07) is 12.6. The van der Waals surface area contributed by atoms with E-state index in [4.69, 9.17) is 4.74 Å². The van der Waals surface area contributed by atoms with Gasteiger partial charge in [0, 0.05) is 5.56 Å². The van der Waals surface area contributed by atoms with Gasteiger partial charge in [0.05, 0.1) is 19.3 Å². The average Bonchev–Trinajstić information content (AvgIpc) is 2.55. The largest absolute Gasteiger partial charge is 0.495 e. The molecule has 0 aliphatic rings. The number of anilines is 1. The summed E-state index contributed by atoms with van der Waals surface area (Å²) in [6.45, 7) is 3.75. The second-order valence-electron chi connectivity index (χ2n) is 5.26. The smallest absolute Gasteiger partial charge is 0.251 e. The van der Waals surface area contributed by atoms with Crippen LogP contribution in [0.4, 0.5) is 5.69 Å². The van der Waals surface area contributed by atoms with Crippen molar-refractivity contribution in [2.24, 2.45) is 0 Å². The number of aryl methyl sites for hydroxylation is 2. The van der Waals surface area contributed by atoms with Gasteiger partial charge in [-0.05, 0) is 43.2 Å². The first-order valence-corrected chi connectivity index (χ1v) is 7.29. The molecule has 0 aromatic heterocycles. The molecule has 5 heteroatoms. The predicted molar refractivity (Wildman–Crippen MR) is 89.9 cm³/mol. The molecule has 2 aromatic rings. The molecule has 2 aromatic carbocycles. The number of amides is 2. The summed E-state index contributed by atoms with van der Waals surface area (Å²) in [4.78, 5) is 24.0. The lowest BCUT2D eigenvalue weighted by Crippen LogP contribution is -2.33. The quantitative estimate of drug-likeness (QED) is 0.892. The molecule has 120 valence electrons. The number of carbonyl (C=O) groups is 2. The van der Waals surface area contributed by atoms with Crippen LogP contribution in [-0.4, -0.2) is 25.5 Å². The summed E-state index contributed by atoms with van der Waals surface area (Å²) in [7, 11) is 1.56. The third-order valence-electron chi connectivity index (χ3n) is 3.37. The van der Waals surface area contributed by atoms with Gasteiger partial charge in [0.1, 0.15) is 5.75 Å². The van der Waals surface area contributed by atoms with Gasteiger partial charge in [0.25, 0.3) is 5.91 Å². The highest BCUT2D eigenvalue weighted by Crippen LogP contribution is 2.29.